The maximum absolute atomic E-state index is 12.5. The molecule has 0 saturated carbocycles. The molecule has 2 rings (SSSR count). The van der Waals surface area contributed by atoms with Crippen molar-refractivity contribution in [3.63, 3.8) is 0 Å². The van der Waals surface area contributed by atoms with E-state index in [9.17, 15) is 4.79 Å². The van der Waals surface area contributed by atoms with Crippen LogP contribution < -0.4 is 5.32 Å². The van der Waals surface area contributed by atoms with Crippen molar-refractivity contribution in [1.82, 2.24) is 9.88 Å². The van der Waals surface area contributed by atoms with Crippen LogP contribution in [0.2, 0.25) is 5.15 Å². The number of nitrogens with one attached hydrogen (secondary N) is 1. The van der Waals surface area contributed by atoms with Crippen LogP contribution >= 0.6 is 11.6 Å². The summed E-state index contributed by atoms with van der Waals surface area (Å²) in [4.78, 5) is 18.5. The molecule has 1 fully saturated rings. The Morgan fingerprint density at radius 3 is 2.58 bits per heavy atom. The molecule has 1 aromatic rings. The van der Waals surface area contributed by atoms with Gasteiger partial charge in [-0.1, -0.05) is 25.4 Å². The third kappa shape index (κ3) is 3.38. The average molecular weight is 282 g/mol. The molecule has 19 heavy (non-hydrogen) atoms. The van der Waals surface area contributed by atoms with Crippen LogP contribution in [-0.2, 0) is 0 Å². The monoisotopic (exact) mass is 281 g/mol. The Morgan fingerprint density at radius 1 is 1.37 bits per heavy atom. The number of hydrogen-bond donors (Lipinski definition) is 1. The van der Waals surface area contributed by atoms with Gasteiger partial charge in [-0.3, -0.25) is 4.79 Å². The molecule has 0 unspecified atom stereocenters. The van der Waals surface area contributed by atoms with Crippen LogP contribution in [0, 0.1) is 11.8 Å². The summed E-state index contributed by atoms with van der Waals surface area (Å²) in [5.74, 6) is 1.76. The number of carbonyl (C=O) groups is 1. The molecule has 1 N–H and O–H groups in total. The van der Waals surface area contributed by atoms with Gasteiger partial charge in [0, 0.05) is 25.7 Å². The van der Waals surface area contributed by atoms with Crippen molar-refractivity contribution < 1.29 is 4.79 Å². The number of likely N-dealkylation sites (tertiary alicyclic amines) is 1. The number of hydrogen-bond acceptors (Lipinski definition) is 3. The lowest BCUT2D eigenvalue weighted by atomic mass is 9.91. The number of halogens is 1. The maximum atomic E-state index is 12.5. The van der Waals surface area contributed by atoms with Crippen molar-refractivity contribution in [1.29, 1.82) is 0 Å². The lowest BCUT2D eigenvalue weighted by Gasteiger charge is -2.35. The van der Waals surface area contributed by atoms with Gasteiger partial charge in [-0.2, -0.15) is 0 Å². The number of nitrogens with zero attached hydrogens (tertiary/aromatic N) is 2. The predicted molar refractivity (Wildman–Crippen MR) is 77.6 cm³/mol. The highest BCUT2D eigenvalue weighted by molar-refractivity contribution is 6.29. The number of aromatic nitrogens is 1. The zero-order valence-corrected chi connectivity index (χ0v) is 12.4. The Hall–Kier alpha value is -1.29. The average Bonchev–Trinajstić information content (AvgIpc) is 2.35. The zero-order chi connectivity index (χ0) is 14.0. The molecule has 1 saturated heterocycles. The highest BCUT2D eigenvalue weighted by Crippen LogP contribution is 2.23. The summed E-state index contributed by atoms with van der Waals surface area (Å²) in [6, 6.07) is 3.38. The Kier molecular flexibility index (Phi) is 4.30. The molecule has 2 atom stereocenters. The van der Waals surface area contributed by atoms with E-state index in [1.54, 1.807) is 19.2 Å². The molecule has 2 heterocycles. The van der Waals surface area contributed by atoms with E-state index in [1.807, 2.05) is 4.90 Å². The van der Waals surface area contributed by atoms with Gasteiger partial charge >= 0.3 is 0 Å². The predicted octanol–water partition coefficient (Wildman–Crippen LogP) is 2.89. The summed E-state index contributed by atoms with van der Waals surface area (Å²) in [6.07, 6.45) is 1.18. The van der Waals surface area contributed by atoms with E-state index in [2.05, 4.69) is 24.1 Å². The molecule has 0 aliphatic carbocycles. The van der Waals surface area contributed by atoms with Crippen molar-refractivity contribution in [2.75, 3.05) is 25.5 Å². The van der Waals surface area contributed by atoms with Crippen LogP contribution in [0.25, 0.3) is 0 Å². The largest absolute Gasteiger partial charge is 0.373 e. The van der Waals surface area contributed by atoms with Crippen molar-refractivity contribution in [3.05, 3.63) is 22.8 Å². The van der Waals surface area contributed by atoms with E-state index >= 15 is 0 Å². The van der Waals surface area contributed by atoms with Crippen molar-refractivity contribution in [3.8, 4) is 0 Å². The Morgan fingerprint density at radius 2 is 2.00 bits per heavy atom. The minimum absolute atomic E-state index is 0.0409. The van der Waals surface area contributed by atoms with Gasteiger partial charge in [0.15, 0.2) is 0 Å². The van der Waals surface area contributed by atoms with Crippen LogP contribution in [0.15, 0.2) is 12.1 Å². The van der Waals surface area contributed by atoms with Crippen molar-refractivity contribution in [2.45, 2.75) is 20.3 Å². The van der Waals surface area contributed by atoms with Crippen LogP contribution in [-0.4, -0.2) is 35.9 Å². The molecule has 1 aliphatic heterocycles. The SMILES string of the molecule is CNc1cc(C(=O)N2C[C@@H](C)C[C@H](C)C2)cc(Cl)n1. The molecule has 104 valence electrons. The van der Waals surface area contributed by atoms with Gasteiger partial charge in [-0.05, 0) is 30.4 Å². The first-order valence-electron chi connectivity index (χ1n) is 6.64. The number of pyridine rings is 1. The molecule has 1 aliphatic rings. The van der Waals surface area contributed by atoms with Gasteiger partial charge in [0.25, 0.3) is 5.91 Å². The molecule has 1 amide bonds. The van der Waals surface area contributed by atoms with E-state index in [4.69, 9.17) is 11.6 Å². The third-order valence-electron chi connectivity index (χ3n) is 3.45. The Labute approximate surface area is 119 Å². The minimum atomic E-state index is 0.0409. The molecule has 5 heteroatoms. The van der Waals surface area contributed by atoms with Crippen LogP contribution in [0.4, 0.5) is 5.82 Å². The number of anilines is 1. The second kappa shape index (κ2) is 5.78. The molecule has 0 spiro atoms. The second-order valence-electron chi connectivity index (χ2n) is 5.47. The fraction of sp³-hybridized carbons (Fsp3) is 0.571. The normalized spacial score (nSPS) is 23.3. The quantitative estimate of drug-likeness (QED) is 0.848. The lowest BCUT2D eigenvalue weighted by molar-refractivity contribution is 0.0623. The van der Waals surface area contributed by atoms with Gasteiger partial charge in [0.2, 0.25) is 0 Å². The summed E-state index contributed by atoms with van der Waals surface area (Å²) in [6.45, 7) is 6.01. The van der Waals surface area contributed by atoms with E-state index in [-0.39, 0.29) is 5.91 Å². The standard InChI is InChI=1S/C14H20ClN3O/c1-9-4-10(2)8-18(7-9)14(19)11-5-12(15)17-13(6-11)16-3/h5-6,9-10H,4,7-8H2,1-3H3,(H,16,17)/t9-,10-/m0/s1. The Bertz CT molecular complexity index is 468. The molecular formula is C14H20ClN3O. The van der Waals surface area contributed by atoms with Gasteiger partial charge < -0.3 is 10.2 Å². The summed E-state index contributed by atoms with van der Waals surface area (Å²) < 4.78 is 0. The first-order valence-corrected chi connectivity index (χ1v) is 7.02. The van der Waals surface area contributed by atoms with Gasteiger partial charge in [-0.25, -0.2) is 4.98 Å². The van der Waals surface area contributed by atoms with Crippen molar-refractivity contribution >= 4 is 23.3 Å². The maximum Gasteiger partial charge on any atom is 0.254 e. The minimum Gasteiger partial charge on any atom is -0.373 e. The lowest BCUT2D eigenvalue weighted by Crippen LogP contribution is -2.42. The molecule has 0 aromatic carbocycles. The van der Waals surface area contributed by atoms with Gasteiger partial charge in [-0.15, -0.1) is 0 Å². The number of piperidine rings is 1. The highest BCUT2D eigenvalue weighted by Gasteiger charge is 2.26. The number of carbonyl (C=O) groups excluding carboxylic acids is 1. The van der Waals surface area contributed by atoms with E-state index in [1.165, 1.54) is 6.42 Å². The van der Waals surface area contributed by atoms with E-state index < -0.39 is 0 Å². The first kappa shape index (κ1) is 14.1. The summed E-state index contributed by atoms with van der Waals surface area (Å²) in [5.41, 5.74) is 0.602. The topological polar surface area (TPSA) is 45.2 Å². The zero-order valence-electron chi connectivity index (χ0n) is 11.6. The Balaban J connectivity index is 2.21. The highest BCUT2D eigenvalue weighted by atomic mass is 35.5. The van der Waals surface area contributed by atoms with E-state index in [0.717, 1.165) is 13.1 Å². The fourth-order valence-corrected chi connectivity index (χ4v) is 2.97. The second-order valence-corrected chi connectivity index (χ2v) is 5.86. The number of amides is 1. The van der Waals surface area contributed by atoms with Gasteiger partial charge in [0.05, 0.1) is 0 Å². The van der Waals surface area contributed by atoms with Crippen molar-refractivity contribution in [2.24, 2.45) is 11.8 Å². The van der Waals surface area contributed by atoms with E-state index in [0.29, 0.717) is 28.4 Å². The fourth-order valence-electron chi connectivity index (χ4n) is 2.76. The summed E-state index contributed by atoms with van der Waals surface area (Å²) in [7, 11) is 1.76. The molecule has 0 radical (unpaired) electrons. The van der Waals surface area contributed by atoms with Crippen LogP contribution in [0.5, 0.6) is 0 Å². The third-order valence-corrected chi connectivity index (χ3v) is 3.65. The summed E-state index contributed by atoms with van der Waals surface area (Å²) >= 11 is 5.95. The van der Waals surface area contributed by atoms with Gasteiger partial charge in [0.1, 0.15) is 11.0 Å². The first-order chi connectivity index (χ1) is 8.99. The molecule has 4 nitrogen and oxygen atoms in total. The smallest absolute Gasteiger partial charge is 0.254 e. The molecule has 1 aromatic heterocycles. The molecular weight excluding hydrogens is 262 g/mol. The summed E-state index contributed by atoms with van der Waals surface area (Å²) in [5, 5.41) is 3.26. The van der Waals surface area contributed by atoms with Crippen LogP contribution in [0.1, 0.15) is 30.6 Å². The van der Waals surface area contributed by atoms with Crippen LogP contribution in [0.3, 0.4) is 0 Å². The number of rotatable bonds is 2. The molecule has 0 bridgehead atoms.